The first-order chi connectivity index (χ1) is 10.1. The molecular weight excluding hydrogens is 260 g/mol. The highest BCUT2D eigenvalue weighted by atomic mass is 15.3. The van der Waals surface area contributed by atoms with E-state index in [-0.39, 0.29) is 0 Å². The van der Waals surface area contributed by atoms with Gasteiger partial charge in [0.1, 0.15) is 0 Å². The number of likely N-dealkylation sites (N-methyl/N-ethyl adjacent to an activating group) is 2. The Bertz CT molecular complexity index is 468. The molecule has 0 spiro atoms. The second-order valence-electron chi connectivity index (χ2n) is 6.61. The molecule has 3 rings (SSSR count). The number of hydrogen-bond acceptors (Lipinski definition) is 4. The van der Waals surface area contributed by atoms with Crippen LogP contribution in [0.25, 0.3) is 0 Å². The van der Waals surface area contributed by atoms with Gasteiger partial charge in [0, 0.05) is 63.2 Å². The van der Waals surface area contributed by atoms with Crippen molar-refractivity contribution in [1.82, 2.24) is 9.80 Å². The molecule has 116 valence electrons. The minimum atomic E-state index is 0.589. The van der Waals surface area contributed by atoms with Crippen molar-refractivity contribution in [3.63, 3.8) is 0 Å². The Kier molecular flexibility index (Phi) is 4.36. The highest BCUT2D eigenvalue weighted by Crippen LogP contribution is 2.26. The third-order valence-electron chi connectivity index (χ3n) is 4.86. The summed E-state index contributed by atoms with van der Waals surface area (Å²) in [5.74, 6) is 0. The molecule has 2 aliphatic heterocycles. The van der Waals surface area contributed by atoms with E-state index in [4.69, 9.17) is 0 Å². The van der Waals surface area contributed by atoms with Crippen LogP contribution in [0.4, 0.5) is 11.4 Å². The molecule has 0 amide bonds. The number of benzene rings is 1. The van der Waals surface area contributed by atoms with Crippen LogP contribution in [0.2, 0.25) is 0 Å². The van der Waals surface area contributed by atoms with E-state index in [1.54, 1.807) is 0 Å². The van der Waals surface area contributed by atoms with Gasteiger partial charge in [-0.1, -0.05) is 6.07 Å². The Morgan fingerprint density at radius 3 is 2.24 bits per heavy atom. The third kappa shape index (κ3) is 3.33. The summed E-state index contributed by atoms with van der Waals surface area (Å²) in [6, 6.07) is 9.71. The topological polar surface area (TPSA) is 13.0 Å². The smallest absolute Gasteiger partial charge is 0.0390 e. The zero-order valence-corrected chi connectivity index (χ0v) is 13.6. The number of anilines is 2. The molecule has 0 saturated carbocycles. The standard InChI is InChI=1S/C17H28N4/c1-15-14-19(3)9-12-21(15)17-6-4-5-16(13-17)20-10-7-18(2)8-11-20/h4-6,13,15H,7-12,14H2,1-3H3. The average Bonchev–Trinajstić information content (AvgIpc) is 2.48. The molecule has 0 radical (unpaired) electrons. The van der Waals surface area contributed by atoms with Crippen LogP contribution in [0.5, 0.6) is 0 Å². The fourth-order valence-electron chi connectivity index (χ4n) is 3.46. The highest BCUT2D eigenvalue weighted by Gasteiger charge is 2.22. The zero-order valence-electron chi connectivity index (χ0n) is 13.6. The number of rotatable bonds is 2. The maximum Gasteiger partial charge on any atom is 0.0390 e. The van der Waals surface area contributed by atoms with Gasteiger partial charge in [0.2, 0.25) is 0 Å². The van der Waals surface area contributed by atoms with Crippen LogP contribution in [0, 0.1) is 0 Å². The molecule has 1 aromatic carbocycles. The summed E-state index contributed by atoms with van der Waals surface area (Å²) in [6.45, 7) is 10.4. The van der Waals surface area contributed by atoms with Gasteiger partial charge in [-0.25, -0.2) is 0 Å². The summed E-state index contributed by atoms with van der Waals surface area (Å²) in [4.78, 5) is 9.90. The SMILES string of the molecule is CC1CN(C)CCN1c1cccc(N2CCN(C)CC2)c1. The second kappa shape index (κ2) is 6.24. The molecule has 4 nitrogen and oxygen atoms in total. The van der Waals surface area contributed by atoms with E-state index >= 15 is 0 Å². The largest absolute Gasteiger partial charge is 0.369 e. The zero-order chi connectivity index (χ0) is 14.8. The lowest BCUT2D eigenvalue weighted by Crippen LogP contribution is -2.50. The van der Waals surface area contributed by atoms with Crippen LogP contribution in [-0.2, 0) is 0 Å². The quantitative estimate of drug-likeness (QED) is 0.819. The molecule has 1 aromatic rings. The summed E-state index contributed by atoms with van der Waals surface area (Å²) in [6.07, 6.45) is 0. The van der Waals surface area contributed by atoms with Crippen molar-refractivity contribution in [3.05, 3.63) is 24.3 Å². The normalized spacial score (nSPS) is 25.4. The van der Waals surface area contributed by atoms with Gasteiger partial charge in [0.05, 0.1) is 0 Å². The molecule has 1 atom stereocenters. The molecule has 4 heteroatoms. The average molecular weight is 288 g/mol. The maximum absolute atomic E-state index is 2.56. The van der Waals surface area contributed by atoms with E-state index in [9.17, 15) is 0 Å². The third-order valence-corrected chi connectivity index (χ3v) is 4.86. The lowest BCUT2D eigenvalue weighted by atomic mass is 10.1. The molecule has 0 N–H and O–H groups in total. The lowest BCUT2D eigenvalue weighted by molar-refractivity contribution is 0.275. The second-order valence-corrected chi connectivity index (χ2v) is 6.61. The Hall–Kier alpha value is -1.26. The molecule has 0 aliphatic carbocycles. The Balaban J connectivity index is 1.74. The van der Waals surface area contributed by atoms with Crippen molar-refractivity contribution in [2.45, 2.75) is 13.0 Å². The van der Waals surface area contributed by atoms with Crippen molar-refractivity contribution < 1.29 is 0 Å². The fourth-order valence-corrected chi connectivity index (χ4v) is 3.46. The summed E-state index contributed by atoms with van der Waals surface area (Å²) in [5, 5.41) is 0. The van der Waals surface area contributed by atoms with Gasteiger partial charge in [-0.05, 0) is 39.2 Å². The number of nitrogens with zero attached hydrogens (tertiary/aromatic N) is 4. The van der Waals surface area contributed by atoms with E-state index < -0.39 is 0 Å². The monoisotopic (exact) mass is 288 g/mol. The molecule has 2 saturated heterocycles. The van der Waals surface area contributed by atoms with Crippen molar-refractivity contribution in [3.8, 4) is 0 Å². The van der Waals surface area contributed by atoms with E-state index in [1.165, 1.54) is 11.4 Å². The van der Waals surface area contributed by atoms with E-state index in [0.29, 0.717) is 6.04 Å². The van der Waals surface area contributed by atoms with Crippen LogP contribution in [0.3, 0.4) is 0 Å². The van der Waals surface area contributed by atoms with Gasteiger partial charge in [0.25, 0.3) is 0 Å². The van der Waals surface area contributed by atoms with Crippen molar-refractivity contribution >= 4 is 11.4 Å². The van der Waals surface area contributed by atoms with Crippen LogP contribution in [-0.4, -0.2) is 75.8 Å². The van der Waals surface area contributed by atoms with Gasteiger partial charge in [-0.15, -0.1) is 0 Å². The first-order valence-electron chi connectivity index (χ1n) is 8.12. The van der Waals surface area contributed by atoms with Crippen molar-refractivity contribution in [2.75, 3.05) is 69.7 Å². The number of piperazine rings is 2. The van der Waals surface area contributed by atoms with E-state index in [2.05, 4.69) is 64.9 Å². The Labute approximate surface area is 128 Å². The number of hydrogen-bond donors (Lipinski definition) is 0. The van der Waals surface area contributed by atoms with Crippen LogP contribution >= 0.6 is 0 Å². The van der Waals surface area contributed by atoms with Gasteiger partial charge in [0.15, 0.2) is 0 Å². The van der Waals surface area contributed by atoms with Crippen LogP contribution in [0.15, 0.2) is 24.3 Å². The predicted octanol–water partition coefficient (Wildman–Crippen LogP) is 1.58. The minimum Gasteiger partial charge on any atom is -0.369 e. The van der Waals surface area contributed by atoms with E-state index in [1.807, 2.05) is 0 Å². The summed E-state index contributed by atoms with van der Waals surface area (Å²) < 4.78 is 0. The molecule has 1 unspecified atom stereocenters. The maximum atomic E-state index is 2.56. The molecular formula is C17H28N4. The molecule has 2 heterocycles. The van der Waals surface area contributed by atoms with Crippen molar-refractivity contribution in [2.24, 2.45) is 0 Å². The molecule has 2 fully saturated rings. The van der Waals surface area contributed by atoms with Gasteiger partial charge in [-0.3, -0.25) is 0 Å². The van der Waals surface area contributed by atoms with Gasteiger partial charge in [-0.2, -0.15) is 0 Å². The van der Waals surface area contributed by atoms with Gasteiger partial charge < -0.3 is 19.6 Å². The fraction of sp³-hybridized carbons (Fsp3) is 0.647. The lowest BCUT2D eigenvalue weighted by Gasteiger charge is -2.40. The van der Waals surface area contributed by atoms with E-state index in [0.717, 1.165) is 45.8 Å². The summed E-state index contributed by atoms with van der Waals surface area (Å²) in [7, 11) is 4.42. The Morgan fingerprint density at radius 1 is 0.857 bits per heavy atom. The minimum absolute atomic E-state index is 0.589. The highest BCUT2D eigenvalue weighted by molar-refractivity contribution is 5.60. The Morgan fingerprint density at radius 2 is 1.52 bits per heavy atom. The first-order valence-corrected chi connectivity index (χ1v) is 8.12. The molecule has 2 aliphatic rings. The van der Waals surface area contributed by atoms with Crippen LogP contribution in [0.1, 0.15) is 6.92 Å². The van der Waals surface area contributed by atoms with Gasteiger partial charge >= 0.3 is 0 Å². The molecule has 21 heavy (non-hydrogen) atoms. The van der Waals surface area contributed by atoms with Crippen LogP contribution < -0.4 is 9.80 Å². The first kappa shape index (κ1) is 14.7. The molecule has 0 bridgehead atoms. The molecule has 0 aromatic heterocycles. The predicted molar refractivity (Wildman–Crippen MR) is 90.5 cm³/mol. The summed E-state index contributed by atoms with van der Waals surface area (Å²) in [5.41, 5.74) is 2.76. The van der Waals surface area contributed by atoms with Crippen molar-refractivity contribution in [1.29, 1.82) is 0 Å². The summed E-state index contributed by atoms with van der Waals surface area (Å²) >= 11 is 0.